The van der Waals surface area contributed by atoms with Gasteiger partial charge in [-0.25, -0.2) is 4.79 Å². The molecular formula is C13H18ClN3O. The highest BCUT2D eigenvalue weighted by Crippen LogP contribution is 2.13. The van der Waals surface area contributed by atoms with Crippen LogP contribution in [-0.2, 0) is 0 Å². The molecule has 1 saturated heterocycles. The Labute approximate surface area is 112 Å². The Bertz CT molecular complexity index is 407. The maximum Gasteiger partial charge on any atom is 0.319 e. The number of nitrogens with one attached hydrogen (secondary N) is 2. The van der Waals surface area contributed by atoms with Gasteiger partial charge in [-0.1, -0.05) is 11.6 Å². The molecule has 2 rings (SSSR count). The molecule has 5 heteroatoms. The summed E-state index contributed by atoms with van der Waals surface area (Å²) in [6.45, 7) is 2.02. The topological polar surface area (TPSA) is 44.4 Å². The average molecular weight is 268 g/mol. The number of rotatable bonds is 2. The number of hydrogen-bond donors (Lipinski definition) is 2. The molecule has 0 aliphatic carbocycles. The third-order valence-corrected chi connectivity index (χ3v) is 3.31. The monoisotopic (exact) mass is 267 g/mol. The fourth-order valence-electron chi connectivity index (χ4n) is 2.17. The second-order valence-corrected chi connectivity index (χ2v) is 5.14. The molecule has 0 bridgehead atoms. The Morgan fingerprint density at radius 3 is 2.78 bits per heavy atom. The fourth-order valence-corrected chi connectivity index (χ4v) is 2.30. The first-order chi connectivity index (χ1) is 8.63. The number of likely N-dealkylation sites (N-methyl/N-ethyl adjacent to an activating group) is 1. The zero-order valence-electron chi connectivity index (χ0n) is 10.4. The number of benzene rings is 1. The molecule has 0 saturated carbocycles. The molecule has 98 valence electrons. The maximum absolute atomic E-state index is 11.8. The Balaban J connectivity index is 1.83. The lowest BCUT2D eigenvalue weighted by Gasteiger charge is -2.30. The summed E-state index contributed by atoms with van der Waals surface area (Å²) in [6, 6.07) is 7.16. The number of anilines is 1. The summed E-state index contributed by atoms with van der Waals surface area (Å²) in [5.41, 5.74) is 0.751. The number of urea groups is 1. The molecule has 0 aromatic heterocycles. The highest BCUT2D eigenvalue weighted by Gasteiger charge is 2.18. The van der Waals surface area contributed by atoms with Gasteiger partial charge >= 0.3 is 6.03 Å². The minimum Gasteiger partial charge on any atom is -0.334 e. The highest BCUT2D eigenvalue weighted by atomic mass is 35.5. The summed E-state index contributed by atoms with van der Waals surface area (Å²) in [5.74, 6) is 0. The van der Waals surface area contributed by atoms with E-state index in [1.807, 2.05) is 0 Å². The number of carbonyl (C=O) groups excluding carboxylic acids is 1. The van der Waals surface area contributed by atoms with Crippen LogP contribution in [0.2, 0.25) is 5.02 Å². The van der Waals surface area contributed by atoms with Gasteiger partial charge < -0.3 is 15.5 Å². The second kappa shape index (κ2) is 6.07. The van der Waals surface area contributed by atoms with E-state index in [1.54, 1.807) is 24.3 Å². The minimum atomic E-state index is -0.155. The lowest BCUT2D eigenvalue weighted by Crippen LogP contribution is -2.47. The molecule has 1 aliphatic heterocycles. The predicted molar refractivity (Wildman–Crippen MR) is 74.1 cm³/mol. The Morgan fingerprint density at radius 1 is 1.39 bits per heavy atom. The van der Waals surface area contributed by atoms with Crippen molar-refractivity contribution in [3.8, 4) is 0 Å². The van der Waals surface area contributed by atoms with Crippen LogP contribution in [0.4, 0.5) is 10.5 Å². The van der Waals surface area contributed by atoms with Crippen LogP contribution in [0.15, 0.2) is 24.3 Å². The quantitative estimate of drug-likeness (QED) is 0.865. The van der Waals surface area contributed by atoms with E-state index in [0.717, 1.165) is 31.6 Å². The predicted octanol–water partition coefficient (Wildman–Crippen LogP) is 2.56. The van der Waals surface area contributed by atoms with Gasteiger partial charge in [-0.2, -0.15) is 0 Å². The van der Waals surface area contributed by atoms with Gasteiger partial charge in [0, 0.05) is 23.3 Å². The first-order valence-corrected chi connectivity index (χ1v) is 6.53. The molecule has 0 radical (unpaired) electrons. The third-order valence-electron chi connectivity index (χ3n) is 3.06. The molecule has 2 N–H and O–H groups in total. The molecule has 4 nitrogen and oxygen atoms in total. The molecule has 1 heterocycles. The van der Waals surface area contributed by atoms with E-state index in [2.05, 4.69) is 22.6 Å². The van der Waals surface area contributed by atoms with Crippen molar-refractivity contribution in [3.63, 3.8) is 0 Å². The lowest BCUT2D eigenvalue weighted by atomic mass is 10.1. The number of carbonyl (C=O) groups is 1. The zero-order valence-corrected chi connectivity index (χ0v) is 11.2. The van der Waals surface area contributed by atoms with Crippen LogP contribution in [0.25, 0.3) is 0 Å². The van der Waals surface area contributed by atoms with Crippen LogP contribution < -0.4 is 10.6 Å². The van der Waals surface area contributed by atoms with Gasteiger partial charge in [0.05, 0.1) is 0 Å². The number of nitrogens with zero attached hydrogens (tertiary/aromatic N) is 1. The lowest BCUT2D eigenvalue weighted by molar-refractivity contribution is 0.216. The van der Waals surface area contributed by atoms with Crippen molar-refractivity contribution < 1.29 is 4.79 Å². The van der Waals surface area contributed by atoms with E-state index >= 15 is 0 Å². The summed E-state index contributed by atoms with van der Waals surface area (Å²) >= 11 is 5.79. The summed E-state index contributed by atoms with van der Waals surface area (Å²) < 4.78 is 0. The Morgan fingerprint density at radius 2 is 2.11 bits per heavy atom. The van der Waals surface area contributed by atoms with Crippen LogP contribution in [-0.4, -0.2) is 37.1 Å². The van der Waals surface area contributed by atoms with Gasteiger partial charge in [0.15, 0.2) is 0 Å². The van der Waals surface area contributed by atoms with Crippen molar-refractivity contribution in [2.75, 3.05) is 25.5 Å². The molecule has 1 unspecified atom stereocenters. The van der Waals surface area contributed by atoms with Crippen LogP contribution >= 0.6 is 11.6 Å². The van der Waals surface area contributed by atoms with Gasteiger partial charge in [0.25, 0.3) is 0 Å². The molecule has 1 atom stereocenters. The van der Waals surface area contributed by atoms with E-state index in [-0.39, 0.29) is 12.1 Å². The van der Waals surface area contributed by atoms with Gasteiger partial charge in [-0.3, -0.25) is 0 Å². The molecular weight excluding hydrogens is 250 g/mol. The van der Waals surface area contributed by atoms with Crippen molar-refractivity contribution in [1.29, 1.82) is 0 Å². The molecule has 18 heavy (non-hydrogen) atoms. The molecule has 2 amide bonds. The fraction of sp³-hybridized carbons (Fsp3) is 0.462. The van der Waals surface area contributed by atoms with Crippen LogP contribution in [0.1, 0.15) is 12.8 Å². The van der Waals surface area contributed by atoms with E-state index in [4.69, 9.17) is 11.6 Å². The molecule has 1 aliphatic rings. The van der Waals surface area contributed by atoms with Gasteiger partial charge in [-0.15, -0.1) is 0 Å². The van der Waals surface area contributed by atoms with Crippen molar-refractivity contribution in [2.45, 2.75) is 18.9 Å². The summed E-state index contributed by atoms with van der Waals surface area (Å²) in [5, 5.41) is 6.45. The Hall–Kier alpha value is -1.26. The van der Waals surface area contributed by atoms with Crippen LogP contribution in [0.5, 0.6) is 0 Å². The smallest absolute Gasteiger partial charge is 0.319 e. The van der Waals surface area contributed by atoms with Crippen molar-refractivity contribution >= 4 is 23.3 Å². The van der Waals surface area contributed by atoms with Crippen LogP contribution in [0.3, 0.4) is 0 Å². The van der Waals surface area contributed by atoms with Crippen molar-refractivity contribution in [2.24, 2.45) is 0 Å². The van der Waals surface area contributed by atoms with E-state index in [0.29, 0.717) is 5.02 Å². The average Bonchev–Trinajstić information content (AvgIpc) is 2.32. The number of likely N-dealkylation sites (tertiary alicyclic amines) is 1. The largest absolute Gasteiger partial charge is 0.334 e. The summed E-state index contributed by atoms with van der Waals surface area (Å²) in [6.07, 6.45) is 2.17. The molecule has 1 aromatic carbocycles. The number of amides is 2. The maximum atomic E-state index is 11.8. The summed E-state index contributed by atoms with van der Waals surface area (Å²) in [7, 11) is 2.07. The second-order valence-electron chi connectivity index (χ2n) is 4.71. The van der Waals surface area contributed by atoms with E-state index in [1.165, 1.54) is 0 Å². The highest BCUT2D eigenvalue weighted by molar-refractivity contribution is 6.30. The van der Waals surface area contributed by atoms with E-state index < -0.39 is 0 Å². The molecule has 1 aromatic rings. The van der Waals surface area contributed by atoms with E-state index in [9.17, 15) is 4.79 Å². The van der Waals surface area contributed by atoms with Crippen molar-refractivity contribution in [1.82, 2.24) is 10.2 Å². The molecule has 0 spiro atoms. The zero-order chi connectivity index (χ0) is 13.0. The summed E-state index contributed by atoms with van der Waals surface area (Å²) in [4.78, 5) is 14.0. The normalized spacial score (nSPS) is 20.4. The number of halogens is 1. The SMILES string of the molecule is CN1CCCC(NC(=O)Nc2ccc(Cl)cc2)C1. The van der Waals surface area contributed by atoms with Gasteiger partial charge in [-0.05, 0) is 50.7 Å². The third kappa shape index (κ3) is 3.89. The van der Waals surface area contributed by atoms with Gasteiger partial charge in [0.1, 0.15) is 0 Å². The van der Waals surface area contributed by atoms with Crippen molar-refractivity contribution in [3.05, 3.63) is 29.3 Å². The Kier molecular flexibility index (Phi) is 4.44. The van der Waals surface area contributed by atoms with Gasteiger partial charge in [0.2, 0.25) is 0 Å². The standard InChI is InChI=1S/C13H18ClN3O/c1-17-8-2-3-12(9-17)16-13(18)15-11-6-4-10(14)5-7-11/h4-7,12H,2-3,8-9H2,1H3,(H2,15,16,18). The number of hydrogen-bond acceptors (Lipinski definition) is 2. The first kappa shape index (κ1) is 13.2. The first-order valence-electron chi connectivity index (χ1n) is 6.15. The van der Waals surface area contributed by atoms with Crippen LogP contribution in [0, 0.1) is 0 Å². The minimum absolute atomic E-state index is 0.155. The molecule has 1 fully saturated rings. The number of piperidine rings is 1.